The van der Waals surface area contributed by atoms with Gasteiger partial charge in [-0.1, -0.05) is 12.1 Å². The summed E-state index contributed by atoms with van der Waals surface area (Å²) < 4.78 is 10.5. The van der Waals surface area contributed by atoms with Crippen LogP contribution >= 0.6 is 11.3 Å². The molecule has 0 radical (unpaired) electrons. The van der Waals surface area contributed by atoms with Gasteiger partial charge in [0.05, 0.1) is 18.0 Å². The van der Waals surface area contributed by atoms with Crippen molar-refractivity contribution in [2.75, 3.05) is 26.8 Å². The lowest BCUT2D eigenvalue weighted by atomic mass is 10.1. The SMILES string of the molecule is COCCNC(=O)CNC(=O)c1cc2c(s1)-c1ccccc1OC2. The number of para-hydroxylation sites is 1. The fourth-order valence-corrected chi connectivity index (χ4v) is 3.53. The first-order valence-corrected chi connectivity index (χ1v) is 8.39. The van der Waals surface area contributed by atoms with Gasteiger partial charge < -0.3 is 20.1 Å². The molecule has 24 heavy (non-hydrogen) atoms. The second-order valence-electron chi connectivity index (χ2n) is 5.28. The Balaban J connectivity index is 1.64. The summed E-state index contributed by atoms with van der Waals surface area (Å²) in [6.45, 7) is 1.26. The second-order valence-corrected chi connectivity index (χ2v) is 6.33. The van der Waals surface area contributed by atoms with Crippen LogP contribution < -0.4 is 15.4 Å². The molecule has 0 spiro atoms. The van der Waals surface area contributed by atoms with Gasteiger partial charge in [0.2, 0.25) is 5.91 Å². The lowest BCUT2D eigenvalue weighted by Gasteiger charge is -2.16. The van der Waals surface area contributed by atoms with Gasteiger partial charge in [0, 0.05) is 29.7 Å². The minimum Gasteiger partial charge on any atom is -0.488 e. The summed E-state index contributed by atoms with van der Waals surface area (Å²) in [5.74, 6) is 0.334. The van der Waals surface area contributed by atoms with E-state index in [0.717, 1.165) is 21.8 Å². The molecule has 1 aliphatic rings. The Morgan fingerprint density at radius 2 is 2.12 bits per heavy atom. The lowest BCUT2D eigenvalue weighted by molar-refractivity contribution is -0.120. The quantitative estimate of drug-likeness (QED) is 0.782. The molecule has 1 aromatic heterocycles. The van der Waals surface area contributed by atoms with Gasteiger partial charge in [0.1, 0.15) is 12.4 Å². The smallest absolute Gasteiger partial charge is 0.261 e. The Kier molecular flexibility index (Phi) is 5.12. The average molecular weight is 346 g/mol. The maximum Gasteiger partial charge on any atom is 0.261 e. The highest BCUT2D eigenvalue weighted by Gasteiger charge is 2.22. The molecule has 0 fully saturated rings. The molecule has 0 saturated carbocycles. The Morgan fingerprint density at radius 3 is 2.96 bits per heavy atom. The Hall–Kier alpha value is -2.38. The molecule has 2 aromatic rings. The van der Waals surface area contributed by atoms with Crippen LogP contribution in [0.5, 0.6) is 5.75 Å². The van der Waals surface area contributed by atoms with E-state index in [0.29, 0.717) is 24.6 Å². The molecule has 126 valence electrons. The third-order valence-electron chi connectivity index (χ3n) is 3.59. The van der Waals surface area contributed by atoms with Crippen LogP contribution in [0.2, 0.25) is 0 Å². The molecule has 0 bridgehead atoms. The van der Waals surface area contributed by atoms with E-state index in [2.05, 4.69) is 10.6 Å². The predicted octanol–water partition coefficient (Wildman–Crippen LogP) is 1.80. The first-order chi connectivity index (χ1) is 11.7. The van der Waals surface area contributed by atoms with E-state index in [9.17, 15) is 9.59 Å². The number of methoxy groups -OCH3 is 1. The minimum atomic E-state index is -0.256. The molecule has 7 heteroatoms. The summed E-state index contributed by atoms with van der Waals surface area (Å²) >= 11 is 1.42. The molecule has 0 saturated heterocycles. The van der Waals surface area contributed by atoms with Gasteiger partial charge in [-0.05, 0) is 18.2 Å². The molecule has 1 aromatic carbocycles. The molecular weight excluding hydrogens is 328 g/mol. The van der Waals surface area contributed by atoms with E-state index >= 15 is 0 Å². The van der Waals surface area contributed by atoms with Gasteiger partial charge in [-0.15, -0.1) is 11.3 Å². The standard InChI is InChI=1S/C17H18N2O4S/c1-22-7-6-18-15(20)9-19-17(21)14-8-11-10-23-13-5-3-2-4-12(13)16(11)24-14/h2-5,8H,6-7,9-10H2,1H3,(H,18,20)(H,19,21). The number of ether oxygens (including phenoxy) is 2. The van der Waals surface area contributed by atoms with E-state index in [-0.39, 0.29) is 18.4 Å². The number of carbonyl (C=O) groups excluding carboxylic acids is 2. The number of amides is 2. The van der Waals surface area contributed by atoms with E-state index < -0.39 is 0 Å². The molecule has 0 aliphatic carbocycles. The summed E-state index contributed by atoms with van der Waals surface area (Å²) in [7, 11) is 1.56. The molecule has 0 atom stereocenters. The summed E-state index contributed by atoms with van der Waals surface area (Å²) in [5, 5.41) is 5.29. The number of carbonyl (C=O) groups is 2. The molecule has 2 amide bonds. The average Bonchev–Trinajstić information content (AvgIpc) is 3.05. The van der Waals surface area contributed by atoms with Crippen molar-refractivity contribution < 1.29 is 19.1 Å². The maximum atomic E-state index is 12.3. The van der Waals surface area contributed by atoms with Crippen LogP contribution in [0.4, 0.5) is 0 Å². The van der Waals surface area contributed by atoms with E-state index in [4.69, 9.17) is 9.47 Å². The summed E-state index contributed by atoms with van der Waals surface area (Å²) in [5.41, 5.74) is 1.99. The van der Waals surface area contributed by atoms with Crippen molar-refractivity contribution >= 4 is 23.2 Å². The molecule has 1 aliphatic heterocycles. The molecule has 2 N–H and O–H groups in total. The fraction of sp³-hybridized carbons (Fsp3) is 0.294. The summed E-state index contributed by atoms with van der Waals surface area (Å²) in [4.78, 5) is 25.5. The van der Waals surface area contributed by atoms with Gasteiger partial charge in [0.15, 0.2) is 0 Å². The van der Waals surface area contributed by atoms with Crippen LogP contribution in [0.1, 0.15) is 15.2 Å². The van der Waals surface area contributed by atoms with Gasteiger partial charge >= 0.3 is 0 Å². The van der Waals surface area contributed by atoms with Crippen molar-refractivity contribution in [1.82, 2.24) is 10.6 Å². The van der Waals surface area contributed by atoms with Crippen LogP contribution in [0, 0.1) is 0 Å². The topological polar surface area (TPSA) is 76.7 Å². The summed E-state index contributed by atoms with van der Waals surface area (Å²) in [6, 6.07) is 9.60. The Morgan fingerprint density at radius 1 is 1.29 bits per heavy atom. The normalized spacial score (nSPS) is 11.9. The Labute approximate surface area is 143 Å². The van der Waals surface area contributed by atoms with Crippen molar-refractivity contribution in [3.63, 3.8) is 0 Å². The van der Waals surface area contributed by atoms with E-state index in [1.54, 1.807) is 7.11 Å². The number of thiophene rings is 1. The first kappa shape index (κ1) is 16.5. The monoisotopic (exact) mass is 346 g/mol. The van der Waals surface area contributed by atoms with Crippen molar-refractivity contribution in [3.8, 4) is 16.2 Å². The molecule has 3 rings (SSSR count). The highest BCUT2D eigenvalue weighted by Crippen LogP contribution is 2.42. The summed E-state index contributed by atoms with van der Waals surface area (Å²) in [6.07, 6.45) is 0. The van der Waals surface area contributed by atoms with Crippen LogP contribution in [0.25, 0.3) is 10.4 Å². The highest BCUT2D eigenvalue weighted by atomic mass is 32.1. The lowest BCUT2D eigenvalue weighted by Crippen LogP contribution is -2.37. The zero-order chi connectivity index (χ0) is 16.9. The number of fused-ring (bicyclic) bond motifs is 3. The van der Waals surface area contributed by atoms with Gasteiger partial charge in [-0.2, -0.15) is 0 Å². The van der Waals surface area contributed by atoms with Crippen molar-refractivity contribution in [2.45, 2.75) is 6.61 Å². The van der Waals surface area contributed by atoms with Crippen molar-refractivity contribution in [3.05, 3.63) is 40.8 Å². The first-order valence-electron chi connectivity index (χ1n) is 7.58. The molecule has 0 unspecified atom stereocenters. The number of rotatable bonds is 6. The minimum absolute atomic E-state index is 0.0573. The number of benzene rings is 1. The zero-order valence-electron chi connectivity index (χ0n) is 13.3. The number of hydrogen-bond acceptors (Lipinski definition) is 5. The van der Waals surface area contributed by atoms with Crippen LogP contribution in [0.15, 0.2) is 30.3 Å². The van der Waals surface area contributed by atoms with Crippen LogP contribution in [-0.4, -0.2) is 38.6 Å². The van der Waals surface area contributed by atoms with Gasteiger partial charge in [-0.3, -0.25) is 9.59 Å². The largest absolute Gasteiger partial charge is 0.488 e. The van der Waals surface area contributed by atoms with Gasteiger partial charge in [-0.25, -0.2) is 0 Å². The second kappa shape index (κ2) is 7.46. The fourth-order valence-electron chi connectivity index (χ4n) is 2.41. The van der Waals surface area contributed by atoms with Crippen molar-refractivity contribution in [2.24, 2.45) is 0 Å². The van der Waals surface area contributed by atoms with E-state index in [1.165, 1.54) is 11.3 Å². The molecule has 2 heterocycles. The van der Waals surface area contributed by atoms with Crippen LogP contribution in [0.3, 0.4) is 0 Å². The molecular formula is C17H18N2O4S. The Bertz CT molecular complexity index is 757. The number of hydrogen-bond donors (Lipinski definition) is 2. The predicted molar refractivity (Wildman–Crippen MR) is 91.3 cm³/mol. The van der Waals surface area contributed by atoms with Crippen LogP contribution in [-0.2, 0) is 16.1 Å². The maximum absolute atomic E-state index is 12.3. The highest BCUT2D eigenvalue weighted by molar-refractivity contribution is 7.17. The third-order valence-corrected chi connectivity index (χ3v) is 4.79. The molecule has 6 nitrogen and oxygen atoms in total. The van der Waals surface area contributed by atoms with E-state index in [1.807, 2.05) is 30.3 Å². The number of nitrogens with one attached hydrogen (secondary N) is 2. The zero-order valence-corrected chi connectivity index (χ0v) is 14.1. The van der Waals surface area contributed by atoms with Crippen molar-refractivity contribution in [1.29, 1.82) is 0 Å². The van der Waals surface area contributed by atoms with Gasteiger partial charge in [0.25, 0.3) is 5.91 Å². The third kappa shape index (κ3) is 3.58.